The molecular formula is C18H21ClFNO. The van der Waals surface area contributed by atoms with Crippen molar-refractivity contribution in [2.45, 2.75) is 32.7 Å². The zero-order chi connectivity index (χ0) is 15.8. The van der Waals surface area contributed by atoms with Gasteiger partial charge in [-0.1, -0.05) is 43.5 Å². The Hall–Kier alpha value is -1.74. The molecule has 0 radical (unpaired) electrons. The average molecular weight is 322 g/mol. The number of ether oxygens (including phenoxy) is 1. The third-order valence-corrected chi connectivity index (χ3v) is 3.65. The summed E-state index contributed by atoms with van der Waals surface area (Å²) in [6, 6.07) is 12.6. The number of nitrogens with one attached hydrogen (secondary N) is 1. The molecule has 0 unspecified atom stereocenters. The van der Waals surface area contributed by atoms with E-state index >= 15 is 0 Å². The first-order chi connectivity index (χ1) is 10.7. The lowest BCUT2D eigenvalue weighted by molar-refractivity contribution is 0.306. The number of hydrogen-bond acceptors (Lipinski definition) is 2. The van der Waals surface area contributed by atoms with E-state index in [4.69, 9.17) is 16.3 Å². The first-order valence-electron chi connectivity index (χ1n) is 7.59. The molecule has 0 spiro atoms. The molecule has 22 heavy (non-hydrogen) atoms. The molecule has 0 fully saturated rings. The van der Waals surface area contributed by atoms with Crippen LogP contribution in [0.5, 0.6) is 5.75 Å². The summed E-state index contributed by atoms with van der Waals surface area (Å²) in [6.45, 7) is 3.59. The van der Waals surface area contributed by atoms with Crippen LogP contribution in [0, 0.1) is 5.82 Å². The Bertz CT molecular complexity index is 586. The minimum absolute atomic E-state index is 0.126. The van der Waals surface area contributed by atoms with Crippen LogP contribution in [0.3, 0.4) is 0 Å². The summed E-state index contributed by atoms with van der Waals surface area (Å²) in [6.07, 6.45) is 3.48. The second kappa shape index (κ2) is 8.64. The van der Waals surface area contributed by atoms with Crippen LogP contribution in [-0.2, 0) is 6.54 Å². The van der Waals surface area contributed by atoms with E-state index in [1.54, 1.807) is 12.1 Å². The summed E-state index contributed by atoms with van der Waals surface area (Å²) in [7, 11) is 0. The SMILES string of the molecule is CCCCCOc1ccc(CNc2ccc(F)c(Cl)c2)cc1. The number of hydrogen-bond donors (Lipinski definition) is 1. The van der Waals surface area contributed by atoms with Gasteiger partial charge in [0.25, 0.3) is 0 Å². The van der Waals surface area contributed by atoms with Gasteiger partial charge in [-0.3, -0.25) is 0 Å². The topological polar surface area (TPSA) is 21.3 Å². The third kappa shape index (κ3) is 5.23. The van der Waals surface area contributed by atoms with E-state index < -0.39 is 5.82 Å². The van der Waals surface area contributed by atoms with Crippen LogP contribution in [0.15, 0.2) is 42.5 Å². The molecule has 0 heterocycles. The molecule has 0 aliphatic rings. The molecule has 0 atom stereocenters. The Morgan fingerprint density at radius 3 is 2.55 bits per heavy atom. The van der Waals surface area contributed by atoms with Gasteiger partial charge >= 0.3 is 0 Å². The molecular weight excluding hydrogens is 301 g/mol. The van der Waals surface area contributed by atoms with Gasteiger partial charge in [-0.05, 0) is 42.3 Å². The molecule has 2 nitrogen and oxygen atoms in total. The molecule has 1 N–H and O–H groups in total. The highest BCUT2D eigenvalue weighted by Crippen LogP contribution is 2.20. The van der Waals surface area contributed by atoms with Gasteiger partial charge in [0, 0.05) is 12.2 Å². The molecule has 0 aliphatic carbocycles. The molecule has 0 saturated heterocycles. The smallest absolute Gasteiger partial charge is 0.141 e. The van der Waals surface area contributed by atoms with Gasteiger partial charge < -0.3 is 10.1 Å². The van der Waals surface area contributed by atoms with Crippen LogP contribution in [0.4, 0.5) is 10.1 Å². The van der Waals surface area contributed by atoms with E-state index in [1.807, 2.05) is 24.3 Å². The predicted molar refractivity (Wildman–Crippen MR) is 90.2 cm³/mol. The van der Waals surface area contributed by atoms with Crippen molar-refractivity contribution in [3.63, 3.8) is 0 Å². The molecule has 2 rings (SSSR count). The summed E-state index contributed by atoms with van der Waals surface area (Å²) in [5.41, 5.74) is 1.92. The van der Waals surface area contributed by atoms with Crippen molar-refractivity contribution in [2.75, 3.05) is 11.9 Å². The number of benzene rings is 2. The first kappa shape index (κ1) is 16.6. The highest BCUT2D eigenvalue weighted by Gasteiger charge is 2.01. The molecule has 0 saturated carbocycles. The minimum atomic E-state index is -0.406. The maximum Gasteiger partial charge on any atom is 0.141 e. The summed E-state index contributed by atoms with van der Waals surface area (Å²) >= 11 is 5.76. The fourth-order valence-electron chi connectivity index (χ4n) is 2.06. The monoisotopic (exact) mass is 321 g/mol. The molecule has 118 valence electrons. The van der Waals surface area contributed by atoms with Crippen molar-refractivity contribution in [2.24, 2.45) is 0 Å². The van der Waals surface area contributed by atoms with Crippen molar-refractivity contribution in [1.29, 1.82) is 0 Å². The average Bonchev–Trinajstić information content (AvgIpc) is 2.54. The third-order valence-electron chi connectivity index (χ3n) is 3.36. The highest BCUT2D eigenvalue weighted by molar-refractivity contribution is 6.31. The van der Waals surface area contributed by atoms with Gasteiger partial charge in [0.15, 0.2) is 0 Å². The first-order valence-corrected chi connectivity index (χ1v) is 7.97. The number of unbranched alkanes of at least 4 members (excludes halogenated alkanes) is 2. The van der Waals surface area contributed by atoms with Crippen molar-refractivity contribution < 1.29 is 9.13 Å². The Morgan fingerprint density at radius 2 is 1.86 bits per heavy atom. The van der Waals surface area contributed by atoms with E-state index in [-0.39, 0.29) is 5.02 Å². The predicted octanol–water partition coefficient (Wildman–Crippen LogP) is 5.66. The van der Waals surface area contributed by atoms with E-state index in [9.17, 15) is 4.39 Å². The van der Waals surface area contributed by atoms with Crippen molar-refractivity contribution >= 4 is 17.3 Å². The lowest BCUT2D eigenvalue weighted by Crippen LogP contribution is -2.00. The summed E-state index contributed by atoms with van der Waals surface area (Å²) in [5.74, 6) is 0.487. The van der Waals surface area contributed by atoms with E-state index in [0.29, 0.717) is 6.54 Å². The summed E-state index contributed by atoms with van der Waals surface area (Å²) in [4.78, 5) is 0. The molecule has 2 aromatic carbocycles. The van der Waals surface area contributed by atoms with E-state index in [0.717, 1.165) is 30.0 Å². The summed E-state index contributed by atoms with van der Waals surface area (Å²) < 4.78 is 18.8. The van der Waals surface area contributed by atoms with E-state index in [1.165, 1.54) is 18.9 Å². The van der Waals surface area contributed by atoms with Crippen LogP contribution in [0.1, 0.15) is 31.7 Å². The zero-order valence-corrected chi connectivity index (χ0v) is 13.5. The van der Waals surface area contributed by atoms with Crippen molar-refractivity contribution in [3.05, 3.63) is 58.9 Å². The lowest BCUT2D eigenvalue weighted by atomic mass is 10.2. The van der Waals surface area contributed by atoms with Crippen LogP contribution in [-0.4, -0.2) is 6.61 Å². The second-order valence-corrected chi connectivity index (χ2v) is 5.59. The van der Waals surface area contributed by atoms with Crippen LogP contribution in [0.25, 0.3) is 0 Å². The minimum Gasteiger partial charge on any atom is -0.494 e. The molecule has 2 aromatic rings. The Labute approximate surface area is 136 Å². The Kier molecular flexibility index (Phi) is 6.53. The number of halogens is 2. The van der Waals surface area contributed by atoms with Gasteiger partial charge in [-0.2, -0.15) is 0 Å². The Morgan fingerprint density at radius 1 is 1.09 bits per heavy atom. The molecule has 0 bridgehead atoms. The van der Waals surface area contributed by atoms with Crippen molar-refractivity contribution in [3.8, 4) is 5.75 Å². The van der Waals surface area contributed by atoms with Crippen LogP contribution < -0.4 is 10.1 Å². The molecule has 0 amide bonds. The van der Waals surface area contributed by atoms with E-state index in [2.05, 4.69) is 12.2 Å². The standard InChI is InChI=1S/C18H21ClFNO/c1-2-3-4-11-22-16-8-5-14(6-9-16)13-21-15-7-10-18(20)17(19)12-15/h5-10,12,21H,2-4,11,13H2,1H3. The van der Waals surface area contributed by atoms with Gasteiger partial charge in [-0.25, -0.2) is 4.39 Å². The van der Waals surface area contributed by atoms with Gasteiger partial charge in [0.05, 0.1) is 11.6 Å². The summed E-state index contributed by atoms with van der Waals surface area (Å²) in [5, 5.41) is 3.34. The molecule has 4 heteroatoms. The van der Waals surface area contributed by atoms with Crippen LogP contribution >= 0.6 is 11.6 Å². The van der Waals surface area contributed by atoms with Gasteiger partial charge in [0.1, 0.15) is 11.6 Å². The second-order valence-electron chi connectivity index (χ2n) is 5.18. The van der Waals surface area contributed by atoms with Gasteiger partial charge in [0.2, 0.25) is 0 Å². The van der Waals surface area contributed by atoms with Crippen LogP contribution in [0.2, 0.25) is 5.02 Å². The maximum absolute atomic E-state index is 13.1. The number of anilines is 1. The van der Waals surface area contributed by atoms with Crippen molar-refractivity contribution in [1.82, 2.24) is 0 Å². The normalized spacial score (nSPS) is 10.5. The van der Waals surface area contributed by atoms with Gasteiger partial charge in [-0.15, -0.1) is 0 Å². The largest absolute Gasteiger partial charge is 0.494 e. The fourth-order valence-corrected chi connectivity index (χ4v) is 2.24. The maximum atomic E-state index is 13.1. The molecule has 0 aromatic heterocycles. The fraction of sp³-hybridized carbons (Fsp3) is 0.333. The quantitative estimate of drug-likeness (QED) is 0.633. The zero-order valence-electron chi connectivity index (χ0n) is 12.7. The Balaban J connectivity index is 1.82. The lowest BCUT2D eigenvalue weighted by Gasteiger charge is -2.09. The number of rotatable bonds is 8. The molecule has 0 aliphatic heterocycles. The highest BCUT2D eigenvalue weighted by atomic mass is 35.5.